The molecule has 2 heteroatoms. The molecule has 0 N–H and O–H groups in total. The molecule has 2 nitrogen and oxygen atoms in total. The summed E-state index contributed by atoms with van der Waals surface area (Å²) >= 11 is 0. The van der Waals surface area contributed by atoms with E-state index < -0.39 is 0 Å². The molecule has 0 atom stereocenters. The van der Waals surface area contributed by atoms with Crippen molar-refractivity contribution in [3.05, 3.63) is 192 Å². The monoisotopic (exact) mass is 716 g/mol. The summed E-state index contributed by atoms with van der Waals surface area (Å²) in [4.78, 5) is 10.6. The quantitative estimate of drug-likeness (QED) is 0.181. The van der Waals surface area contributed by atoms with Crippen LogP contribution in [-0.2, 0) is 10.8 Å². The normalized spacial score (nSPS) is 14.4. The summed E-state index contributed by atoms with van der Waals surface area (Å²) in [5, 5.41) is 4.96. The molecule has 266 valence electrons. The Morgan fingerprint density at radius 2 is 0.911 bits per heavy atom. The van der Waals surface area contributed by atoms with Gasteiger partial charge in [-0.1, -0.05) is 173 Å². The number of fused-ring (bicyclic) bond motifs is 8. The van der Waals surface area contributed by atoms with E-state index in [1.165, 1.54) is 77.2 Å². The van der Waals surface area contributed by atoms with Crippen LogP contribution >= 0.6 is 0 Å². The first-order valence-electron chi connectivity index (χ1n) is 19.7. The summed E-state index contributed by atoms with van der Waals surface area (Å²) in [5.74, 6) is 0.724. The van der Waals surface area contributed by atoms with E-state index in [2.05, 4.69) is 191 Å². The van der Waals surface area contributed by atoms with Gasteiger partial charge in [0.2, 0.25) is 0 Å². The molecule has 2 aliphatic carbocycles. The summed E-state index contributed by atoms with van der Waals surface area (Å²) in [5.41, 5.74) is 18.1. The molecule has 0 fully saturated rings. The minimum absolute atomic E-state index is 0.104. The van der Waals surface area contributed by atoms with E-state index in [0.717, 1.165) is 33.9 Å². The van der Waals surface area contributed by atoms with Gasteiger partial charge in [0.15, 0.2) is 5.82 Å². The molecule has 2 aliphatic rings. The van der Waals surface area contributed by atoms with Crippen LogP contribution in [0.25, 0.3) is 88.8 Å². The second kappa shape index (κ2) is 11.9. The number of nitrogens with zero attached hydrogens (tertiary/aromatic N) is 2. The van der Waals surface area contributed by atoms with Crippen molar-refractivity contribution in [2.75, 3.05) is 0 Å². The van der Waals surface area contributed by atoms with E-state index in [9.17, 15) is 0 Å². The van der Waals surface area contributed by atoms with Gasteiger partial charge in [0.25, 0.3) is 0 Å². The molecule has 0 saturated heterocycles. The topological polar surface area (TPSA) is 25.8 Å². The van der Waals surface area contributed by atoms with Gasteiger partial charge in [-0.25, -0.2) is 9.97 Å². The molecule has 56 heavy (non-hydrogen) atoms. The summed E-state index contributed by atoms with van der Waals surface area (Å²) in [7, 11) is 0. The summed E-state index contributed by atoms with van der Waals surface area (Å²) in [6.45, 7) is 9.44. The number of aromatic nitrogens is 2. The maximum atomic E-state index is 5.31. The Kier molecular flexibility index (Phi) is 6.98. The smallest absolute Gasteiger partial charge is 0.160 e. The predicted molar refractivity (Wildman–Crippen MR) is 234 cm³/mol. The van der Waals surface area contributed by atoms with E-state index in [-0.39, 0.29) is 10.8 Å². The Balaban J connectivity index is 1.09. The highest BCUT2D eigenvalue weighted by molar-refractivity contribution is 6.07. The van der Waals surface area contributed by atoms with Gasteiger partial charge in [-0.3, -0.25) is 0 Å². The van der Waals surface area contributed by atoms with Gasteiger partial charge in [0.1, 0.15) is 0 Å². The molecular formula is C54H40N2. The first kappa shape index (κ1) is 32.8. The molecule has 0 amide bonds. The van der Waals surface area contributed by atoms with E-state index in [4.69, 9.17) is 9.97 Å². The zero-order valence-electron chi connectivity index (χ0n) is 32.1. The minimum atomic E-state index is -0.164. The highest BCUT2D eigenvalue weighted by Gasteiger charge is 2.38. The molecule has 1 heterocycles. The van der Waals surface area contributed by atoms with Crippen molar-refractivity contribution in [2.45, 2.75) is 38.5 Å². The molecule has 0 unspecified atom stereocenters. The van der Waals surface area contributed by atoms with E-state index in [1.54, 1.807) is 0 Å². The molecule has 9 aromatic rings. The highest BCUT2D eigenvalue weighted by atomic mass is 14.9. The maximum absolute atomic E-state index is 5.31. The lowest BCUT2D eigenvalue weighted by Gasteiger charge is -2.25. The van der Waals surface area contributed by atoms with Gasteiger partial charge in [-0.15, -0.1) is 0 Å². The highest BCUT2D eigenvalue weighted by Crippen LogP contribution is 2.54. The lowest BCUT2D eigenvalue weighted by Crippen LogP contribution is -2.16. The fourth-order valence-electron chi connectivity index (χ4n) is 9.86. The van der Waals surface area contributed by atoms with E-state index >= 15 is 0 Å². The Morgan fingerprint density at radius 3 is 1.71 bits per heavy atom. The van der Waals surface area contributed by atoms with Gasteiger partial charge in [0.05, 0.1) is 11.4 Å². The van der Waals surface area contributed by atoms with Gasteiger partial charge in [0, 0.05) is 27.5 Å². The van der Waals surface area contributed by atoms with Crippen LogP contribution in [0.5, 0.6) is 0 Å². The molecule has 8 aromatic carbocycles. The summed E-state index contributed by atoms with van der Waals surface area (Å²) in [6.07, 6.45) is 0. The van der Waals surface area contributed by atoms with Crippen LogP contribution in [0.1, 0.15) is 49.9 Å². The predicted octanol–water partition coefficient (Wildman–Crippen LogP) is 14.1. The van der Waals surface area contributed by atoms with E-state index in [1.807, 2.05) is 6.07 Å². The minimum Gasteiger partial charge on any atom is -0.228 e. The molecule has 0 aliphatic heterocycles. The summed E-state index contributed by atoms with van der Waals surface area (Å²) < 4.78 is 0. The Bertz CT molecular complexity index is 3080. The number of rotatable bonds is 4. The largest absolute Gasteiger partial charge is 0.228 e. The van der Waals surface area contributed by atoms with Crippen molar-refractivity contribution in [3.8, 4) is 67.3 Å². The number of hydrogen-bond donors (Lipinski definition) is 0. The molecule has 0 spiro atoms. The standard InChI is InChI=1S/C54H40N2/c1-53(2)46-24-13-12-21-40(46)41-26-25-36(31-47(41)53)49-32-50(56-52(55-49)33-15-6-5-7-16-33)42-28-27-39(37-19-10-11-20-38(37)42)43-22-14-23-44-45-29-34-17-8-9-18-35(34)30-48(45)54(3,4)51(43)44/h5-32H,1-4H3. The van der Waals surface area contributed by atoms with Gasteiger partial charge in [-0.2, -0.15) is 0 Å². The van der Waals surface area contributed by atoms with Crippen molar-refractivity contribution in [2.24, 2.45) is 0 Å². The first-order valence-corrected chi connectivity index (χ1v) is 19.7. The second-order valence-corrected chi connectivity index (χ2v) is 16.6. The Morgan fingerprint density at radius 1 is 0.339 bits per heavy atom. The molecule has 11 rings (SSSR count). The number of benzene rings is 8. The maximum Gasteiger partial charge on any atom is 0.160 e. The van der Waals surface area contributed by atoms with Crippen molar-refractivity contribution < 1.29 is 0 Å². The van der Waals surface area contributed by atoms with Gasteiger partial charge >= 0.3 is 0 Å². The average molecular weight is 717 g/mol. The molecular weight excluding hydrogens is 677 g/mol. The molecule has 0 bridgehead atoms. The van der Waals surface area contributed by atoms with Crippen molar-refractivity contribution >= 4 is 21.5 Å². The third-order valence-corrected chi connectivity index (χ3v) is 12.7. The van der Waals surface area contributed by atoms with Gasteiger partial charge in [-0.05, 0) is 101 Å². The lowest BCUT2D eigenvalue weighted by molar-refractivity contribution is 0.660. The first-order chi connectivity index (χ1) is 27.3. The molecule has 1 aromatic heterocycles. The van der Waals surface area contributed by atoms with Crippen molar-refractivity contribution in [1.82, 2.24) is 9.97 Å². The fraction of sp³-hybridized carbons (Fsp3) is 0.111. The summed E-state index contributed by atoms with van der Waals surface area (Å²) in [6, 6.07) is 62.1. The Labute approximate surface area is 328 Å². The van der Waals surface area contributed by atoms with Crippen LogP contribution < -0.4 is 0 Å². The van der Waals surface area contributed by atoms with Crippen LogP contribution in [0, 0.1) is 0 Å². The number of hydrogen-bond acceptors (Lipinski definition) is 2. The SMILES string of the molecule is CC1(C)c2ccccc2-c2ccc(-c3cc(-c4ccc(-c5cccc6c5C(C)(C)c5cc7ccccc7cc5-6)c5ccccc45)nc(-c4ccccc4)n3)cc21. The molecule has 0 saturated carbocycles. The fourth-order valence-corrected chi connectivity index (χ4v) is 9.86. The van der Waals surface area contributed by atoms with Crippen LogP contribution in [0.15, 0.2) is 170 Å². The average Bonchev–Trinajstić information content (AvgIpc) is 3.61. The van der Waals surface area contributed by atoms with Crippen LogP contribution in [-0.4, -0.2) is 9.97 Å². The molecule has 0 radical (unpaired) electrons. The third-order valence-electron chi connectivity index (χ3n) is 12.7. The van der Waals surface area contributed by atoms with Crippen LogP contribution in [0.3, 0.4) is 0 Å². The lowest BCUT2D eigenvalue weighted by atomic mass is 9.78. The second-order valence-electron chi connectivity index (χ2n) is 16.6. The van der Waals surface area contributed by atoms with Gasteiger partial charge < -0.3 is 0 Å². The van der Waals surface area contributed by atoms with Crippen molar-refractivity contribution in [1.29, 1.82) is 0 Å². The third kappa shape index (κ3) is 4.75. The van der Waals surface area contributed by atoms with Crippen molar-refractivity contribution in [3.63, 3.8) is 0 Å². The van der Waals surface area contributed by atoms with Crippen LogP contribution in [0.4, 0.5) is 0 Å². The zero-order chi connectivity index (χ0) is 37.8. The van der Waals surface area contributed by atoms with Crippen LogP contribution in [0.2, 0.25) is 0 Å². The Hall–Kier alpha value is -6.64. The van der Waals surface area contributed by atoms with E-state index in [0.29, 0.717) is 0 Å². The zero-order valence-corrected chi connectivity index (χ0v) is 32.1.